The molecule has 2 rings (SSSR count). The fraction of sp³-hybridized carbons (Fsp3) is 0.111. The highest BCUT2D eigenvalue weighted by molar-refractivity contribution is 7.98. The molecule has 0 aliphatic heterocycles. The lowest BCUT2D eigenvalue weighted by Crippen LogP contribution is -1.96. The van der Waals surface area contributed by atoms with Crippen LogP contribution in [0.1, 0.15) is 0 Å². The second-order valence-electron chi connectivity index (χ2n) is 2.61. The van der Waals surface area contributed by atoms with E-state index in [0.29, 0.717) is 5.82 Å². The predicted octanol–water partition coefficient (Wildman–Crippen LogP) is 1.93. The molecule has 1 aromatic carbocycles. The van der Waals surface area contributed by atoms with Crippen LogP contribution in [-0.2, 0) is 0 Å². The summed E-state index contributed by atoms with van der Waals surface area (Å²) in [5, 5.41) is 0.790. The number of thioether (sulfide) groups is 1. The van der Waals surface area contributed by atoms with Crippen molar-refractivity contribution in [2.45, 2.75) is 5.03 Å². The third kappa shape index (κ3) is 1.45. The molecule has 0 saturated heterocycles. The highest BCUT2D eigenvalue weighted by atomic mass is 32.2. The maximum absolute atomic E-state index is 5.70. The zero-order chi connectivity index (χ0) is 9.26. The van der Waals surface area contributed by atoms with Gasteiger partial charge in [0.25, 0.3) is 0 Å². The van der Waals surface area contributed by atoms with Crippen molar-refractivity contribution < 1.29 is 0 Å². The van der Waals surface area contributed by atoms with Crippen molar-refractivity contribution in [3.63, 3.8) is 0 Å². The van der Waals surface area contributed by atoms with E-state index in [2.05, 4.69) is 9.97 Å². The normalized spacial score (nSPS) is 10.5. The van der Waals surface area contributed by atoms with Crippen molar-refractivity contribution in [3.8, 4) is 0 Å². The molecular formula is C9H9N3S. The number of benzene rings is 1. The molecule has 66 valence electrons. The number of fused-ring (bicyclic) bond motifs is 1. The zero-order valence-electron chi connectivity index (χ0n) is 7.19. The van der Waals surface area contributed by atoms with Crippen LogP contribution in [0.2, 0.25) is 0 Å². The van der Waals surface area contributed by atoms with Gasteiger partial charge in [0.15, 0.2) is 5.82 Å². The average molecular weight is 191 g/mol. The van der Waals surface area contributed by atoms with Crippen LogP contribution in [0.5, 0.6) is 0 Å². The summed E-state index contributed by atoms with van der Waals surface area (Å²) in [4.78, 5) is 8.61. The second kappa shape index (κ2) is 3.22. The number of anilines is 1. The van der Waals surface area contributed by atoms with Crippen molar-refractivity contribution in [2.24, 2.45) is 0 Å². The molecule has 0 saturated carbocycles. The van der Waals surface area contributed by atoms with Crippen LogP contribution in [0.3, 0.4) is 0 Å². The molecule has 0 atom stereocenters. The number of aromatic nitrogens is 2. The van der Waals surface area contributed by atoms with E-state index in [-0.39, 0.29) is 0 Å². The van der Waals surface area contributed by atoms with Crippen molar-refractivity contribution in [3.05, 3.63) is 24.3 Å². The van der Waals surface area contributed by atoms with Crippen molar-refractivity contribution in [2.75, 3.05) is 12.0 Å². The summed E-state index contributed by atoms with van der Waals surface area (Å²) in [6.45, 7) is 0. The lowest BCUT2D eigenvalue weighted by molar-refractivity contribution is 1.14. The van der Waals surface area contributed by atoms with Crippen molar-refractivity contribution in [1.29, 1.82) is 0 Å². The van der Waals surface area contributed by atoms with Gasteiger partial charge >= 0.3 is 0 Å². The summed E-state index contributed by atoms with van der Waals surface area (Å²) >= 11 is 1.51. The summed E-state index contributed by atoms with van der Waals surface area (Å²) in [5.41, 5.74) is 7.44. The van der Waals surface area contributed by atoms with Gasteiger partial charge in [-0.15, -0.1) is 11.8 Å². The molecule has 0 aliphatic carbocycles. The maximum atomic E-state index is 5.70. The zero-order valence-corrected chi connectivity index (χ0v) is 8.01. The summed E-state index contributed by atoms with van der Waals surface area (Å²) in [5.74, 6) is 0.506. The summed E-state index contributed by atoms with van der Waals surface area (Å²) < 4.78 is 0. The molecule has 13 heavy (non-hydrogen) atoms. The Bertz CT molecular complexity index is 442. The highest BCUT2D eigenvalue weighted by Crippen LogP contribution is 2.21. The van der Waals surface area contributed by atoms with Crippen LogP contribution in [-0.4, -0.2) is 16.2 Å². The largest absolute Gasteiger partial charge is 0.381 e. The van der Waals surface area contributed by atoms with Gasteiger partial charge in [0.2, 0.25) is 0 Å². The number of nitrogens with two attached hydrogens (primary N) is 1. The summed E-state index contributed by atoms with van der Waals surface area (Å²) in [7, 11) is 0. The SMILES string of the molecule is CSc1nc2ccccc2nc1N. The van der Waals surface area contributed by atoms with Gasteiger partial charge in [-0.1, -0.05) is 12.1 Å². The summed E-state index contributed by atoms with van der Waals surface area (Å²) in [6, 6.07) is 7.71. The molecule has 0 spiro atoms. The van der Waals surface area contributed by atoms with E-state index >= 15 is 0 Å². The number of hydrogen-bond acceptors (Lipinski definition) is 4. The number of rotatable bonds is 1. The second-order valence-corrected chi connectivity index (χ2v) is 3.40. The Morgan fingerprint density at radius 1 is 1.15 bits per heavy atom. The van der Waals surface area contributed by atoms with Gasteiger partial charge in [0.1, 0.15) is 5.03 Å². The smallest absolute Gasteiger partial charge is 0.156 e. The standard InChI is InChI=1S/C9H9N3S/c1-13-9-8(10)11-6-4-2-3-5-7(6)12-9/h2-5H,1H3,(H2,10,11). The molecular weight excluding hydrogens is 182 g/mol. The molecule has 1 aromatic heterocycles. The monoisotopic (exact) mass is 191 g/mol. The first-order valence-electron chi connectivity index (χ1n) is 3.87. The van der Waals surface area contributed by atoms with Gasteiger partial charge in [0.05, 0.1) is 11.0 Å². The molecule has 1 heterocycles. The van der Waals surface area contributed by atoms with Crippen LogP contribution in [0.15, 0.2) is 29.3 Å². The number of nitrogen functional groups attached to an aromatic ring is 1. The molecule has 0 aliphatic rings. The molecule has 0 unspecified atom stereocenters. The lowest BCUT2D eigenvalue weighted by Gasteiger charge is -2.02. The van der Waals surface area contributed by atoms with E-state index in [1.54, 1.807) is 0 Å². The molecule has 4 heteroatoms. The van der Waals surface area contributed by atoms with E-state index in [1.807, 2.05) is 30.5 Å². The number of hydrogen-bond donors (Lipinski definition) is 1. The van der Waals surface area contributed by atoms with Crippen LogP contribution in [0, 0.1) is 0 Å². The Hall–Kier alpha value is -1.29. The molecule has 0 amide bonds. The minimum atomic E-state index is 0.506. The van der Waals surface area contributed by atoms with Gasteiger partial charge in [-0.2, -0.15) is 0 Å². The van der Waals surface area contributed by atoms with E-state index in [0.717, 1.165) is 16.1 Å². The lowest BCUT2D eigenvalue weighted by atomic mass is 10.3. The third-order valence-corrected chi connectivity index (χ3v) is 2.44. The number of nitrogens with zero attached hydrogens (tertiary/aromatic N) is 2. The Morgan fingerprint density at radius 3 is 2.38 bits per heavy atom. The van der Waals surface area contributed by atoms with E-state index < -0.39 is 0 Å². The fourth-order valence-corrected chi connectivity index (χ4v) is 1.59. The van der Waals surface area contributed by atoms with E-state index in [4.69, 9.17) is 5.73 Å². The molecule has 3 nitrogen and oxygen atoms in total. The molecule has 0 fully saturated rings. The first-order valence-corrected chi connectivity index (χ1v) is 5.10. The quantitative estimate of drug-likeness (QED) is 0.700. The first kappa shape index (κ1) is 8.31. The van der Waals surface area contributed by atoms with Gasteiger partial charge in [0, 0.05) is 0 Å². The molecule has 2 aromatic rings. The van der Waals surface area contributed by atoms with Crippen LogP contribution >= 0.6 is 11.8 Å². The van der Waals surface area contributed by atoms with Crippen LogP contribution < -0.4 is 5.73 Å². The number of para-hydroxylation sites is 2. The van der Waals surface area contributed by atoms with E-state index in [9.17, 15) is 0 Å². The van der Waals surface area contributed by atoms with Crippen molar-refractivity contribution >= 4 is 28.6 Å². The minimum absolute atomic E-state index is 0.506. The fourth-order valence-electron chi connectivity index (χ4n) is 1.15. The van der Waals surface area contributed by atoms with E-state index in [1.165, 1.54) is 11.8 Å². The molecule has 0 radical (unpaired) electrons. The van der Waals surface area contributed by atoms with Gasteiger partial charge < -0.3 is 5.73 Å². The Morgan fingerprint density at radius 2 is 1.77 bits per heavy atom. The van der Waals surface area contributed by atoms with Gasteiger partial charge in [-0.05, 0) is 18.4 Å². The first-order chi connectivity index (χ1) is 6.31. The molecule has 2 N–H and O–H groups in total. The Balaban J connectivity index is 2.74. The van der Waals surface area contributed by atoms with Crippen LogP contribution in [0.4, 0.5) is 5.82 Å². The van der Waals surface area contributed by atoms with Crippen LogP contribution in [0.25, 0.3) is 11.0 Å². The highest BCUT2D eigenvalue weighted by Gasteiger charge is 2.02. The third-order valence-electron chi connectivity index (χ3n) is 1.76. The summed E-state index contributed by atoms with van der Waals surface area (Å²) in [6.07, 6.45) is 1.94. The average Bonchev–Trinajstić information content (AvgIpc) is 2.17. The Labute approximate surface area is 80.4 Å². The maximum Gasteiger partial charge on any atom is 0.156 e. The minimum Gasteiger partial charge on any atom is -0.381 e. The topological polar surface area (TPSA) is 51.8 Å². The van der Waals surface area contributed by atoms with Crippen molar-refractivity contribution in [1.82, 2.24) is 9.97 Å². The van der Waals surface area contributed by atoms with Gasteiger partial charge in [-0.25, -0.2) is 9.97 Å². The predicted molar refractivity (Wildman–Crippen MR) is 55.7 cm³/mol. The Kier molecular flexibility index (Phi) is 2.06. The van der Waals surface area contributed by atoms with Gasteiger partial charge in [-0.3, -0.25) is 0 Å². The molecule has 0 bridgehead atoms.